The molecular formula is C30H37ClN6O4. The van der Waals surface area contributed by atoms with Gasteiger partial charge in [-0.15, -0.1) is 10.2 Å². The number of nitrogens with zero attached hydrogens (tertiary/aromatic N) is 4. The van der Waals surface area contributed by atoms with E-state index in [1.165, 1.54) is 0 Å². The molecule has 0 saturated carbocycles. The zero-order chi connectivity index (χ0) is 29.6. The van der Waals surface area contributed by atoms with Gasteiger partial charge in [-0.2, -0.15) is 0 Å². The number of aryl methyl sites for hydroxylation is 1. The molecule has 2 N–H and O–H groups in total. The van der Waals surface area contributed by atoms with Crippen LogP contribution in [-0.4, -0.2) is 58.3 Å². The number of carbonyl (C=O) groups is 2. The molecule has 41 heavy (non-hydrogen) atoms. The number of hydrogen-bond acceptors (Lipinski definition) is 7. The molecule has 3 aromatic rings. The molecule has 218 valence electrons. The molecule has 10 nitrogen and oxygen atoms in total. The van der Waals surface area contributed by atoms with Crippen LogP contribution < -0.4 is 15.4 Å². The first-order chi connectivity index (χ1) is 19.6. The van der Waals surface area contributed by atoms with E-state index in [9.17, 15) is 9.59 Å². The highest BCUT2D eigenvalue weighted by Crippen LogP contribution is 2.34. The van der Waals surface area contributed by atoms with Crippen molar-refractivity contribution in [2.45, 2.75) is 65.0 Å². The third-order valence-corrected chi connectivity index (χ3v) is 6.73. The summed E-state index contributed by atoms with van der Waals surface area (Å²) in [5, 5.41) is 15.1. The van der Waals surface area contributed by atoms with Gasteiger partial charge in [0.1, 0.15) is 17.6 Å². The van der Waals surface area contributed by atoms with Gasteiger partial charge in [-0.25, -0.2) is 4.79 Å². The fourth-order valence-electron chi connectivity index (χ4n) is 4.56. The number of amides is 2. The molecule has 0 saturated heterocycles. The van der Waals surface area contributed by atoms with E-state index >= 15 is 0 Å². The predicted molar refractivity (Wildman–Crippen MR) is 158 cm³/mol. The van der Waals surface area contributed by atoms with Crippen LogP contribution in [0.15, 0.2) is 47.5 Å². The fraction of sp³-hybridized carbons (Fsp3) is 0.433. The maximum Gasteiger partial charge on any atom is 0.407 e. The van der Waals surface area contributed by atoms with Crippen molar-refractivity contribution in [2.75, 3.05) is 20.3 Å². The van der Waals surface area contributed by atoms with E-state index < -0.39 is 12.1 Å². The lowest BCUT2D eigenvalue weighted by atomic mass is 10.00. The summed E-state index contributed by atoms with van der Waals surface area (Å²) in [4.78, 5) is 29.9. The van der Waals surface area contributed by atoms with Crippen LogP contribution in [0.25, 0.3) is 5.69 Å². The van der Waals surface area contributed by atoms with Gasteiger partial charge < -0.3 is 20.1 Å². The van der Waals surface area contributed by atoms with Crippen LogP contribution in [-0.2, 0) is 9.53 Å². The standard InChI is InChI=1S/C30H37ClN6O4/c1-19-35-36-28-24(18-26(38)32-15-7-6-8-16-41-29(39)34-30(2,3)4)33-27(20-9-11-21(31)12-10-20)23-17-22(40-5)13-14-25(23)37(19)28/h9-14,17,24H,6-8,15-16,18H2,1-5H3,(H,32,38)(H,34,39)/t24-/m0/s1. The van der Waals surface area contributed by atoms with Gasteiger partial charge in [-0.05, 0) is 77.3 Å². The Morgan fingerprint density at radius 1 is 1.05 bits per heavy atom. The number of fused-ring (bicyclic) bond motifs is 3. The summed E-state index contributed by atoms with van der Waals surface area (Å²) in [5.41, 5.74) is 2.95. The van der Waals surface area contributed by atoms with E-state index in [0.29, 0.717) is 41.3 Å². The highest BCUT2D eigenvalue weighted by atomic mass is 35.5. The normalized spacial score (nSPS) is 14.3. The van der Waals surface area contributed by atoms with Crippen molar-refractivity contribution in [3.05, 3.63) is 70.3 Å². The Bertz CT molecular complexity index is 1410. The summed E-state index contributed by atoms with van der Waals surface area (Å²) < 4.78 is 12.7. The van der Waals surface area contributed by atoms with Gasteiger partial charge in [-0.1, -0.05) is 23.7 Å². The quantitative estimate of drug-likeness (QED) is 0.313. The van der Waals surface area contributed by atoms with Gasteiger partial charge in [0, 0.05) is 28.2 Å². The van der Waals surface area contributed by atoms with Crippen LogP contribution in [0, 0.1) is 6.92 Å². The van der Waals surface area contributed by atoms with Crippen LogP contribution in [0.2, 0.25) is 5.02 Å². The topological polar surface area (TPSA) is 120 Å². The summed E-state index contributed by atoms with van der Waals surface area (Å²) in [6.07, 6.45) is 1.98. The smallest absolute Gasteiger partial charge is 0.407 e. The maximum absolute atomic E-state index is 13.1. The van der Waals surface area contributed by atoms with E-state index in [4.69, 9.17) is 26.1 Å². The lowest BCUT2D eigenvalue weighted by Crippen LogP contribution is -2.41. The second-order valence-corrected chi connectivity index (χ2v) is 11.4. The number of methoxy groups -OCH3 is 1. The van der Waals surface area contributed by atoms with Gasteiger partial charge in [0.15, 0.2) is 5.82 Å². The van der Waals surface area contributed by atoms with Gasteiger partial charge in [-0.3, -0.25) is 14.4 Å². The molecule has 0 bridgehead atoms. The summed E-state index contributed by atoms with van der Waals surface area (Å²) in [7, 11) is 1.62. The Morgan fingerprint density at radius 2 is 1.80 bits per heavy atom. The summed E-state index contributed by atoms with van der Waals surface area (Å²) >= 11 is 6.17. The molecule has 11 heteroatoms. The van der Waals surface area contributed by atoms with Crippen molar-refractivity contribution in [1.29, 1.82) is 0 Å². The molecule has 2 heterocycles. The number of aliphatic imine (C=N–C) groups is 1. The Morgan fingerprint density at radius 3 is 2.51 bits per heavy atom. The SMILES string of the molecule is COc1ccc2c(c1)C(c1ccc(Cl)cc1)=N[C@@H](CC(=O)NCCCCCOC(=O)NC(C)(C)C)c1nnc(C)n1-2. The molecule has 0 fully saturated rings. The van der Waals surface area contributed by atoms with Gasteiger partial charge >= 0.3 is 6.09 Å². The third kappa shape index (κ3) is 7.85. The van der Waals surface area contributed by atoms with Crippen molar-refractivity contribution >= 4 is 29.3 Å². The Labute approximate surface area is 245 Å². The lowest BCUT2D eigenvalue weighted by molar-refractivity contribution is -0.121. The summed E-state index contributed by atoms with van der Waals surface area (Å²) in [5.74, 6) is 1.85. The molecular weight excluding hydrogens is 544 g/mol. The van der Waals surface area contributed by atoms with Gasteiger partial charge in [0.2, 0.25) is 5.91 Å². The van der Waals surface area contributed by atoms with Crippen LogP contribution >= 0.6 is 11.6 Å². The molecule has 1 aromatic heterocycles. The molecule has 0 spiro atoms. The maximum atomic E-state index is 13.1. The Kier molecular flexibility index (Phi) is 9.65. The van der Waals surface area contributed by atoms with Crippen LogP contribution in [0.3, 0.4) is 0 Å². The van der Waals surface area contributed by atoms with E-state index in [0.717, 1.165) is 36.1 Å². The molecule has 2 amide bonds. The number of carbonyl (C=O) groups excluding carboxylic acids is 2. The highest BCUT2D eigenvalue weighted by molar-refractivity contribution is 6.30. The van der Waals surface area contributed by atoms with Gasteiger partial charge in [0.05, 0.1) is 31.5 Å². The van der Waals surface area contributed by atoms with Crippen molar-refractivity contribution in [2.24, 2.45) is 4.99 Å². The van der Waals surface area contributed by atoms with Crippen LogP contribution in [0.5, 0.6) is 5.75 Å². The monoisotopic (exact) mass is 580 g/mol. The second-order valence-electron chi connectivity index (χ2n) is 10.9. The second kappa shape index (κ2) is 13.2. The van der Waals surface area contributed by atoms with Crippen molar-refractivity contribution in [3.8, 4) is 11.4 Å². The van der Waals surface area contributed by atoms with Crippen LogP contribution in [0.4, 0.5) is 4.79 Å². The zero-order valence-corrected chi connectivity index (χ0v) is 24.9. The van der Waals surface area contributed by atoms with Crippen molar-refractivity contribution in [1.82, 2.24) is 25.4 Å². The third-order valence-electron chi connectivity index (χ3n) is 6.48. The Hall–Kier alpha value is -3.92. The van der Waals surface area contributed by atoms with Crippen molar-refractivity contribution in [3.63, 3.8) is 0 Å². The number of hydrogen-bond donors (Lipinski definition) is 2. The minimum atomic E-state index is -0.560. The molecule has 1 aliphatic rings. The Balaban J connectivity index is 1.45. The van der Waals surface area contributed by atoms with E-state index in [-0.39, 0.29) is 17.9 Å². The molecule has 1 atom stereocenters. The number of nitrogens with one attached hydrogen (secondary N) is 2. The number of aromatic nitrogens is 3. The largest absolute Gasteiger partial charge is 0.497 e. The van der Waals surface area contributed by atoms with E-state index in [1.54, 1.807) is 7.11 Å². The molecule has 0 radical (unpaired) electrons. The number of alkyl carbamates (subject to hydrolysis) is 1. The molecule has 2 aromatic carbocycles. The summed E-state index contributed by atoms with van der Waals surface area (Å²) in [6, 6.07) is 12.7. The van der Waals surface area contributed by atoms with Gasteiger partial charge in [0.25, 0.3) is 0 Å². The minimum absolute atomic E-state index is 0.108. The fourth-order valence-corrected chi connectivity index (χ4v) is 4.69. The van der Waals surface area contributed by atoms with E-state index in [1.807, 2.05) is 74.7 Å². The predicted octanol–water partition coefficient (Wildman–Crippen LogP) is 5.33. The zero-order valence-electron chi connectivity index (χ0n) is 24.2. The first-order valence-electron chi connectivity index (χ1n) is 13.7. The first-order valence-corrected chi connectivity index (χ1v) is 14.1. The van der Waals surface area contributed by atoms with Crippen LogP contribution in [0.1, 0.15) is 75.3 Å². The number of rotatable bonds is 10. The number of halogens is 1. The average molecular weight is 581 g/mol. The first kappa shape index (κ1) is 30.0. The van der Waals surface area contributed by atoms with Crippen molar-refractivity contribution < 1.29 is 19.1 Å². The molecule has 0 aliphatic carbocycles. The molecule has 1 aliphatic heterocycles. The molecule has 0 unspecified atom stereocenters. The highest BCUT2D eigenvalue weighted by Gasteiger charge is 2.30. The summed E-state index contributed by atoms with van der Waals surface area (Å²) in [6.45, 7) is 8.42. The average Bonchev–Trinajstić information content (AvgIpc) is 3.24. The number of benzene rings is 2. The number of ether oxygens (including phenoxy) is 2. The van der Waals surface area contributed by atoms with E-state index in [2.05, 4.69) is 20.8 Å². The lowest BCUT2D eigenvalue weighted by Gasteiger charge is -2.19. The minimum Gasteiger partial charge on any atom is -0.497 e. The number of unbranched alkanes of at least 4 members (excludes halogenated alkanes) is 2. The molecule has 4 rings (SSSR count).